The highest BCUT2D eigenvalue weighted by atomic mass is 32.3. The van der Waals surface area contributed by atoms with Crippen molar-refractivity contribution in [2.45, 2.75) is 16.5 Å². The zero-order valence-electron chi connectivity index (χ0n) is 9.08. The van der Waals surface area contributed by atoms with Crippen LogP contribution in [0.15, 0.2) is 0 Å². The second-order valence-electron chi connectivity index (χ2n) is 3.10. The maximum Gasteiger partial charge on any atom is 0.503 e. The minimum Gasteiger partial charge on any atom is -0.226 e. The second-order valence-corrected chi connectivity index (χ2v) is 9.51. The lowest BCUT2D eigenvalue weighted by molar-refractivity contribution is -0.0480. The van der Waals surface area contributed by atoms with E-state index in [1.54, 1.807) is 0 Å². The Bertz CT molecular complexity index is 723. The summed E-state index contributed by atoms with van der Waals surface area (Å²) in [5.41, 5.74) is -21.2. The average Bonchev–Trinajstić information content (AvgIpc) is 2.09. The number of alkyl halides is 9. The summed E-state index contributed by atoms with van der Waals surface area (Å²) in [4.78, 5) is 0. The lowest BCUT2D eigenvalue weighted by Gasteiger charge is -2.17. The third-order valence-electron chi connectivity index (χ3n) is 1.57. The van der Waals surface area contributed by atoms with Crippen LogP contribution in [-0.4, -0.2) is 41.1 Å². The fourth-order valence-corrected chi connectivity index (χ4v) is 6.45. The first kappa shape index (κ1) is 21.2. The maximum atomic E-state index is 12.0. The molecule has 0 aromatic heterocycles. The predicted octanol–water partition coefficient (Wildman–Crippen LogP) is 1.09. The van der Waals surface area contributed by atoms with E-state index in [-0.39, 0.29) is 0 Å². The standard InChI is InChI=1S/C4F9O6S3/c5-2(6,7)20(14,15)1(21(16,17)3(8,9)10)22(18,19)4(11,12)13. The number of hydrogen-bond donors (Lipinski definition) is 0. The SMILES string of the molecule is [O]S(=O)(=C(S(=O)(=O)C(F)(F)F)S(=O)(=O)C(F)(F)F)C(F)(F)F. The molecule has 0 fully saturated rings. The zero-order valence-corrected chi connectivity index (χ0v) is 11.5. The summed E-state index contributed by atoms with van der Waals surface area (Å²) in [6, 6.07) is 0. The fraction of sp³-hybridized carbons (Fsp3) is 0.750. The molecular formula is C4F9O6S3. The van der Waals surface area contributed by atoms with Crippen LogP contribution in [0, 0.1) is 0 Å². The molecule has 0 aliphatic rings. The molecule has 0 saturated carbocycles. The molecule has 133 valence electrons. The van der Waals surface area contributed by atoms with Gasteiger partial charge in [-0.05, 0) is 0 Å². The summed E-state index contributed by atoms with van der Waals surface area (Å²) in [6.07, 6.45) is 0. The number of rotatable bonds is 0. The molecule has 0 aromatic rings. The molecule has 1 unspecified atom stereocenters. The van der Waals surface area contributed by atoms with E-state index in [0.717, 1.165) is 0 Å². The van der Waals surface area contributed by atoms with Gasteiger partial charge in [0.05, 0.1) is 0 Å². The van der Waals surface area contributed by atoms with E-state index in [1.807, 2.05) is 0 Å². The largest absolute Gasteiger partial charge is 0.503 e. The van der Waals surface area contributed by atoms with Gasteiger partial charge in [0.15, 0.2) is 0 Å². The van der Waals surface area contributed by atoms with E-state index in [0.29, 0.717) is 0 Å². The van der Waals surface area contributed by atoms with Gasteiger partial charge in [-0.3, -0.25) is 0 Å². The topological polar surface area (TPSA) is 105 Å². The summed E-state index contributed by atoms with van der Waals surface area (Å²) >= 11 is 0. The summed E-state index contributed by atoms with van der Waals surface area (Å²) in [6.45, 7) is 0. The Morgan fingerprint density at radius 2 is 0.773 bits per heavy atom. The molecule has 22 heavy (non-hydrogen) atoms. The lowest BCUT2D eigenvalue weighted by atomic mass is 11.5. The normalized spacial score (nSPS) is 17.9. The molecule has 0 heterocycles. The van der Waals surface area contributed by atoms with Crippen molar-refractivity contribution in [3.63, 3.8) is 0 Å². The van der Waals surface area contributed by atoms with Gasteiger partial charge in [0.1, 0.15) is 0 Å². The van der Waals surface area contributed by atoms with Gasteiger partial charge in [-0.25, -0.2) is 21.0 Å². The van der Waals surface area contributed by atoms with Crippen molar-refractivity contribution in [3.8, 4) is 0 Å². The van der Waals surface area contributed by atoms with Crippen molar-refractivity contribution >= 4 is 33.0 Å². The van der Waals surface area contributed by atoms with E-state index in [2.05, 4.69) is 0 Å². The molecule has 0 aliphatic heterocycles. The van der Waals surface area contributed by atoms with Crippen LogP contribution in [0.5, 0.6) is 0 Å². The van der Waals surface area contributed by atoms with Gasteiger partial charge in [0.25, 0.3) is 23.2 Å². The molecule has 1 atom stereocenters. The molecule has 0 spiro atoms. The van der Waals surface area contributed by atoms with E-state index < -0.39 is 49.5 Å². The highest BCUT2D eigenvalue weighted by Gasteiger charge is 2.66. The molecule has 0 aromatic carbocycles. The van der Waals surface area contributed by atoms with Crippen LogP contribution in [0.4, 0.5) is 39.5 Å². The smallest absolute Gasteiger partial charge is 0.226 e. The van der Waals surface area contributed by atoms with Crippen molar-refractivity contribution in [1.82, 2.24) is 0 Å². The Labute approximate surface area is 115 Å². The molecular weight excluding hydrogens is 411 g/mol. The highest BCUT2D eigenvalue weighted by molar-refractivity contribution is 8.43. The molecule has 0 rings (SSSR count). The van der Waals surface area contributed by atoms with Gasteiger partial charge in [-0.1, -0.05) is 0 Å². The number of hydrogen-bond acceptors (Lipinski definition) is 5. The summed E-state index contributed by atoms with van der Waals surface area (Å²) in [5.74, 6) is 0. The first-order valence-corrected chi connectivity index (χ1v) is 8.38. The molecule has 0 amide bonds. The van der Waals surface area contributed by atoms with Gasteiger partial charge >= 0.3 is 16.5 Å². The second kappa shape index (κ2) is 5.13. The summed E-state index contributed by atoms with van der Waals surface area (Å²) in [7, 11) is -24.1. The predicted molar refractivity (Wildman–Crippen MR) is 49.8 cm³/mol. The Kier molecular flexibility index (Phi) is 4.95. The van der Waals surface area contributed by atoms with Crippen LogP contribution in [0.3, 0.4) is 0 Å². The molecule has 0 saturated heterocycles. The minimum absolute atomic E-state index is 4.75. The Hall–Kier alpha value is -0.750. The van der Waals surface area contributed by atoms with Crippen LogP contribution < -0.4 is 0 Å². The fourth-order valence-electron chi connectivity index (χ4n) is 0.717. The Morgan fingerprint density at radius 1 is 0.545 bits per heavy atom. The van der Waals surface area contributed by atoms with E-state index in [1.165, 1.54) is 0 Å². The maximum absolute atomic E-state index is 12.0. The van der Waals surface area contributed by atoms with Gasteiger partial charge in [-0.2, -0.15) is 39.5 Å². The molecule has 0 bridgehead atoms. The Morgan fingerprint density at radius 3 is 0.909 bits per heavy atom. The number of halogens is 9. The van der Waals surface area contributed by atoms with E-state index >= 15 is 0 Å². The van der Waals surface area contributed by atoms with Gasteiger partial charge < -0.3 is 0 Å². The summed E-state index contributed by atoms with van der Waals surface area (Å²) in [5, 5.41) is 0. The van der Waals surface area contributed by atoms with E-state index in [9.17, 15) is 65.1 Å². The highest BCUT2D eigenvalue weighted by Crippen LogP contribution is 2.37. The van der Waals surface area contributed by atoms with Crippen LogP contribution >= 0.6 is 0 Å². The first-order valence-electron chi connectivity index (χ1n) is 3.93. The lowest BCUT2D eigenvalue weighted by Crippen LogP contribution is -2.47. The molecule has 0 N–H and O–H groups in total. The van der Waals surface area contributed by atoms with Crippen molar-refractivity contribution in [2.24, 2.45) is 0 Å². The third-order valence-corrected chi connectivity index (χ3v) is 8.67. The third kappa shape index (κ3) is 3.27. The van der Waals surface area contributed by atoms with E-state index in [4.69, 9.17) is 0 Å². The van der Waals surface area contributed by atoms with Crippen molar-refractivity contribution < 1.29 is 65.1 Å². The average molecular weight is 411 g/mol. The molecule has 18 heteroatoms. The van der Waals surface area contributed by atoms with Crippen molar-refractivity contribution in [3.05, 3.63) is 0 Å². The van der Waals surface area contributed by atoms with Crippen molar-refractivity contribution in [2.75, 3.05) is 0 Å². The zero-order chi connectivity index (χ0) is 18.6. The van der Waals surface area contributed by atoms with Gasteiger partial charge in [0.2, 0.25) is 9.80 Å². The number of sulfone groups is 2. The Balaban J connectivity index is 7.49. The molecule has 6 nitrogen and oxygen atoms in total. The van der Waals surface area contributed by atoms with Crippen molar-refractivity contribution in [1.29, 1.82) is 0 Å². The van der Waals surface area contributed by atoms with Gasteiger partial charge in [-0.15, -0.1) is 4.55 Å². The van der Waals surface area contributed by atoms with Crippen LogP contribution in [0.25, 0.3) is 0 Å². The van der Waals surface area contributed by atoms with Gasteiger partial charge in [0, 0.05) is 0 Å². The molecule has 0 aliphatic carbocycles. The first-order chi connectivity index (χ1) is 9.12. The van der Waals surface area contributed by atoms with Crippen LogP contribution in [0.2, 0.25) is 0 Å². The monoisotopic (exact) mass is 411 g/mol. The van der Waals surface area contributed by atoms with Crippen LogP contribution in [0.1, 0.15) is 0 Å². The quantitative estimate of drug-likeness (QED) is 0.439. The summed E-state index contributed by atoms with van der Waals surface area (Å²) < 4.78 is 167. The minimum atomic E-state index is -8.02. The van der Waals surface area contributed by atoms with Crippen LogP contribution in [-0.2, 0) is 34.0 Å². The molecule has 1 radical (unpaired) electrons.